The molecule has 2 rings (SSSR count). The molecule has 8 heteroatoms. The zero-order chi connectivity index (χ0) is 11.7. The van der Waals surface area contributed by atoms with Crippen molar-refractivity contribution in [2.24, 2.45) is 11.5 Å². The maximum atomic E-state index is 10.6. The molecule has 2 heterocycles. The largest absolute Gasteiger partial charge is 0.441 e. The van der Waals surface area contributed by atoms with E-state index >= 15 is 0 Å². The van der Waals surface area contributed by atoms with Gasteiger partial charge in [-0.15, -0.1) is 0 Å². The van der Waals surface area contributed by atoms with Gasteiger partial charge in [-0.05, 0) is 0 Å². The normalized spacial score (nSPS) is 36.8. The minimum atomic E-state index is -0.892. The van der Waals surface area contributed by atoms with Crippen molar-refractivity contribution in [2.75, 3.05) is 13.2 Å². The Balaban J connectivity index is 1.95. The molecule has 4 N–H and O–H groups in total. The van der Waals surface area contributed by atoms with Crippen LogP contribution in [0.25, 0.3) is 0 Å². The van der Waals surface area contributed by atoms with E-state index in [1.807, 2.05) is 0 Å². The van der Waals surface area contributed by atoms with Crippen molar-refractivity contribution in [3.05, 3.63) is 0 Å². The lowest BCUT2D eigenvalue weighted by Gasteiger charge is -2.15. The molecule has 2 aliphatic rings. The Bertz CT molecular complexity index is 279. The molecule has 0 aromatic carbocycles. The highest BCUT2D eigenvalue weighted by atomic mass is 16.7. The summed E-state index contributed by atoms with van der Waals surface area (Å²) in [7, 11) is 0. The molecule has 8 nitrogen and oxygen atoms in total. The minimum absolute atomic E-state index is 0.164. The first kappa shape index (κ1) is 11.0. The molecule has 2 aliphatic heterocycles. The fraction of sp³-hybridized carbons (Fsp3) is 0.750. The summed E-state index contributed by atoms with van der Waals surface area (Å²) in [5, 5.41) is 0. The highest BCUT2D eigenvalue weighted by Crippen LogP contribution is 2.30. The Morgan fingerprint density at radius 3 is 1.62 bits per heavy atom. The molecule has 4 atom stereocenters. The second-order valence-corrected chi connectivity index (χ2v) is 3.55. The van der Waals surface area contributed by atoms with Crippen LogP contribution in [0.15, 0.2) is 0 Å². The Kier molecular flexibility index (Phi) is 2.84. The summed E-state index contributed by atoms with van der Waals surface area (Å²) in [4.78, 5) is 21.2. The average Bonchev–Trinajstić information content (AvgIpc) is 2.70. The molecule has 0 spiro atoms. The van der Waals surface area contributed by atoms with Gasteiger partial charge in [-0.3, -0.25) is 0 Å². The quantitative estimate of drug-likeness (QED) is 0.610. The van der Waals surface area contributed by atoms with Crippen molar-refractivity contribution < 1.29 is 28.5 Å². The second kappa shape index (κ2) is 4.14. The molecule has 0 aliphatic carbocycles. The standard InChI is InChI=1S/C8H12N2O6/c9-7(11)15-3-1-13-6-4(16-8(10)12)2-14-5(3)6/h3-6H,1-2H2,(H2,9,11)(H2,10,12). The van der Waals surface area contributed by atoms with Crippen molar-refractivity contribution in [2.45, 2.75) is 24.4 Å². The molecule has 16 heavy (non-hydrogen) atoms. The van der Waals surface area contributed by atoms with Crippen LogP contribution in [-0.4, -0.2) is 49.8 Å². The lowest BCUT2D eigenvalue weighted by atomic mass is 10.1. The average molecular weight is 232 g/mol. The Morgan fingerprint density at radius 1 is 0.938 bits per heavy atom. The summed E-state index contributed by atoms with van der Waals surface area (Å²) in [6.45, 7) is 0.327. The number of hydrogen-bond donors (Lipinski definition) is 2. The molecule has 0 aromatic heterocycles. The summed E-state index contributed by atoms with van der Waals surface area (Å²) < 4.78 is 20.2. The summed E-state index contributed by atoms with van der Waals surface area (Å²) >= 11 is 0. The monoisotopic (exact) mass is 232 g/mol. The number of nitrogens with two attached hydrogens (primary N) is 2. The van der Waals surface area contributed by atoms with Crippen LogP contribution in [0.5, 0.6) is 0 Å². The number of amides is 2. The minimum Gasteiger partial charge on any atom is -0.441 e. The molecular weight excluding hydrogens is 220 g/mol. The molecule has 90 valence electrons. The molecule has 0 aromatic rings. The first-order valence-electron chi connectivity index (χ1n) is 4.73. The highest BCUT2D eigenvalue weighted by molar-refractivity contribution is 5.65. The van der Waals surface area contributed by atoms with Crippen molar-refractivity contribution in [3.8, 4) is 0 Å². The molecule has 4 unspecified atom stereocenters. The summed E-state index contributed by atoms with van der Waals surface area (Å²) in [6.07, 6.45) is -3.84. The van der Waals surface area contributed by atoms with E-state index < -0.39 is 36.6 Å². The number of ether oxygens (including phenoxy) is 4. The molecule has 2 saturated heterocycles. The van der Waals surface area contributed by atoms with E-state index in [0.717, 1.165) is 0 Å². The molecule has 2 amide bonds. The van der Waals surface area contributed by atoms with Gasteiger partial charge in [0.05, 0.1) is 13.2 Å². The summed E-state index contributed by atoms with van der Waals surface area (Å²) in [5.74, 6) is 0. The van der Waals surface area contributed by atoms with Crippen LogP contribution in [0, 0.1) is 0 Å². The van der Waals surface area contributed by atoms with Gasteiger partial charge < -0.3 is 30.4 Å². The Morgan fingerprint density at radius 2 is 1.31 bits per heavy atom. The van der Waals surface area contributed by atoms with Gasteiger partial charge in [0.1, 0.15) is 12.2 Å². The topological polar surface area (TPSA) is 123 Å². The van der Waals surface area contributed by atoms with Gasteiger partial charge in [-0.1, -0.05) is 0 Å². The van der Waals surface area contributed by atoms with Crippen LogP contribution >= 0.6 is 0 Å². The van der Waals surface area contributed by atoms with Crippen LogP contribution in [-0.2, 0) is 18.9 Å². The predicted octanol–water partition coefficient (Wildman–Crippen LogP) is -1.29. The van der Waals surface area contributed by atoms with Crippen LogP contribution in [0.3, 0.4) is 0 Å². The number of carbonyl (C=O) groups excluding carboxylic acids is 2. The molecule has 0 saturated carbocycles. The molecular formula is C8H12N2O6. The smallest absolute Gasteiger partial charge is 0.404 e. The number of carbonyl (C=O) groups is 2. The molecule has 2 fully saturated rings. The van der Waals surface area contributed by atoms with Gasteiger partial charge in [0.2, 0.25) is 0 Å². The third-order valence-electron chi connectivity index (χ3n) is 2.50. The predicted molar refractivity (Wildman–Crippen MR) is 48.4 cm³/mol. The van der Waals surface area contributed by atoms with Crippen LogP contribution < -0.4 is 11.5 Å². The fourth-order valence-corrected chi connectivity index (χ4v) is 1.93. The zero-order valence-corrected chi connectivity index (χ0v) is 8.33. The number of primary amides is 2. The van der Waals surface area contributed by atoms with Crippen LogP contribution in [0.2, 0.25) is 0 Å². The maximum absolute atomic E-state index is 10.6. The van der Waals surface area contributed by atoms with Gasteiger partial charge in [0, 0.05) is 0 Å². The number of hydrogen-bond acceptors (Lipinski definition) is 6. The van der Waals surface area contributed by atoms with E-state index in [1.54, 1.807) is 0 Å². The van der Waals surface area contributed by atoms with Crippen LogP contribution in [0.4, 0.5) is 9.59 Å². The fourth-order valence-electron chi connectivity index (χ4n) is 1.93. The van der Waals surface area contributed by atoms with Crippen molar-refractivity contribution >= 4 is 12.2 Å². The Labute approximate surface area is 90.7 Å². The van der Waals surface area contributed by atoms with Gasteiger partial charge in [0.25, 0.3) is 0 Å². The van der Waals surface area contributed by atoms with E-state index in [9.17, 15) is 9.59 Å². The van der Waals surface area contributed by atoms with Gasteiger partial charge in [-0.25, -0.2) is 9.59 Å². The van der Waals surface area contributed by atoms with E-state index in [1.165, 1.54) is 0 Å². The van der Waals surface area contributed by atoms with Gasteiger partial charge >= 0.3 is 12.2 Å². The van der Waals surface area contributed by atoms with Gasteiger partial charge in [-0.2, -0.15) is 0 Å². The second-order valence-electron chi connectivity index (χ2n) is 3.55. The third kappa shape index (κ3) is 2.02. The molecule has 0 bridgehead atoms. The number of fused-ring (bicyclic) bond motifs is 1. The van der Waals surface area contributed by atoms with Gasteiger partial charge in [0.15, 0.2) is 12.2 Å². The van der Waals surface area contributed by atoms with Crippen molar-refractivity contribution in [1.82, 2.24) is 0 Å². The summed E-state index contributed by atoms with van der Waals surface area (Å²) in [6, 6.07) is 0. The van der Waals surface area contributed by atoms with Crippen molar-refractivity contribution in [1.29, 1.82) is 0 Å². The third-order valence-corrected chi connectivity index (χ3v) is 2.50. The number of rotatable bonds is 2. The highest BCUT2D eigenvalue weighted by Gasteiger charge is 2.50. The van der Waals surface area contributed by atoms with E-state index in [2.05, 4.69) is 0 Å². The van der Waals surface area contributed by atoms with E-state index in [4.69, 9.17) is 30.4 Å². The van der Waals surface area contributed by atoms with E-state index in [0.29, 0.717) is 0 Å². The maximum Gasteiger partial charge on any atom is 0.404 e. The SMILES string of the molecule is NC(=O)OC1COC2C(OC(N)=O)COC12. The Hall–Kier alpha value is -1.54. The first-order chi connectivity index (χ1) is 7.58. The van der Waals surface area contributed by atoms with Crippen molar-refractivity contribution in [3.63, 3.8) is 0 Å². The zero-order valence-electron chi connectivity index (χ0n) is 8.33. The molecule has 0 radical (unpaired) electrons. The van der Waals surface area contributed by atoms with Crippen LogP contribution in [0.1, 0.15) is 0 Å². The van der Waals surface area contributed by atoms with E-state index in [-0.39, 0.29) is 13.2 Å². The first-order valence-corrected chi connectivity index (χ1v) is 4.73. The summed E-state index contributed by atoms with van der Waals surface area (Å²) in [5.41, 5.74) is 9.79. The lowest BCUT2D eigenvalue weighted by molar-refractivity contribution is -0.00864. The lowest BCUT2D eigenvalue weighted by Crippen LogP contribution is -2.37.